The van der Waals surface area contributed by atoms with E-state index in [1.54, 1.807) is 13.0 Å². The second kappa shape index (κ2) is 16.4. The highest BCUT2D eigenvalue weighted by atomic mass is 19.1. The molecule has 1 aliphatic carbocycles. The van der Waals surface area contributed by atoms with E-state index < -0.39 is 0 Å². The normalized spacial score (nSPS) is 14.4. The van der Waals surface area contributed by atoms with Crippen LogP contribution in [0.25, 0.3) is 0 Å². The van der Waals surface area contributed by atoms with E-state index in [0.717, 1.165) is 47.9 Å². The summed E-state index contributed by atoms with van der Waals surface area (Å²) >= 11 is 0. The van der Waals surface area contributed by atoms with Crippen LogP contribution in [0.4, 0.5) is 4.39 Å². The number of halogens is 1. The number of aryl methyl sites for hydroxylation is 3. The minimum Gasteiger partial charge on any atom is -0.300 e. The lowest BCUT2D eigenvalue weighted by Gasteiger charge is -2.24. The molecule has 0 N–H and O–H groups in total. The van der Waals surface area contributed by atoms with Crippen LogP contribution in [0.1, 0.15) is 126 Å². The van der Waals surface area contributed by atoms with Gasteiger partial charge in [0.1, 0.15) is 11.6 Å². The predicted octanol–water partition coefficient (Wildman–Crippen LogP) is 9.45. The van der Waals surface area contributed by atoms with Crippen molar-refractivity contribution in [1.29, 1.82) is 0 Å². The van der Waals surface area contributed by atoms with E-state index in [1.807, 2.05) is 45.0 Å². The van der Waals surface area contributed by atoms with Gasteiger partial charge in [0, 0.05) is 19.3 Å². The second-order valence-electron chi connectivity index (χ2n) is 9.50. The van der Waals surface area contributed by atoms with Crippen LogP contribution in [-0.4, -0.2) is 11.6 Å². The zero-order valence-corrected chi connectivity index (χ0v) is 23.2. The number of hydrogen-bond donors (Lipinski definition) is 0. The number of hydrogen-bond acceptors (Lipinski definition) is 2. The molecular formula is C32H49FO2. The van der Waals surface area contributed by atoms with Gasteiger partial charge in [-0.05, 0) is 68.2 Å². The Morgan fingerprint density at radius 1 is 1.03 bits per heavy atom. The standard InChI is InChI=1S/C26H33FO.C4H8O.C2H6.H2/c1-4-6-19(7-5-2)9-10-20-11-12-22(17-25(20)27)24-15-13-21-16-18(3)8-14-23(21)26(24)28;1-3-4(2)5;1-2;/h8,11-12,14,16-17,19,24H,4-7,9-10,13,15H2,1-3H3;3H2,1-2H3;1-2H3;1H. The molecule has 2 nitrogen and oxygen atoms in total. The first-order valence-corrected chi connectivity index (χ1v) is 13.7. The molecule has 0 spiro atoms. The van der Waals surface area contributed by atoms with Crippen LogP contribution >= 0.6 is 0 Å². The highest BCUT2D eigenvalue weighted by Crippen LogP contribution is 2.34. The summed E-state index contributed by atoms with van der Waals surface area (Å²) in [5.41, 5.74) is 4.76. The summed E-state index contributed by atoms with van der Waals surface area (Å²) in [5, 5.41) is 0. The maximum Gasteiger partial charge on any atom is 0.170 e. The van der Waals surface area contributed by atoms with Crippen molar-refractivity contribution in [2.75, 3.05) is 0 Å². The summed E-state index contributed by atoms with van der Waals surface area (Å²) < 4.78 is 14.8. The van der Waals surface area contributed by atoms with E-state index in [-0.39, 0.29) is 24.7 Å². The molecule has 0 aromatic heterocycles. The molecular weight excluding hydrogens is 435 g/mol. The summed E-state index contributed by atoms with van der Waals surface area (Å²) in [4.78, 5) is 22.8. The maximum atomic E-state index is 14.8. The molecule has 0 amide bonds. The van der Waals surface area contributed by atoms with Crippen LogP contribution in [0.3, 0.4) is 0 Å². The molecule has 3 heteroatoms. The monoisotopic (exact) mass is 484 g/mol. The van der Waals surface area contributed by atoms with E-state index in [4.69, 9.17) is 0 Å². The van der Waals surface area contributed by atoms with Gasteiger partial charge in [-0.1, -0.05) is 96.2 Å². The van der Waals surface area contributed by atoms with Gasteiger partial charge >= 0.3 is 0 Å². The SMILES string of the molecule is CC.CCC(C)=O.CCCC(CCC)CCc1ccc(C2CCc3cc(C)ccc3C2=O)cc1F.[HH]. The largest absolute Gasteiger partial charge is 0.300 e. The number of rotatable bonds is 9. The number of carbonyl (C=O) groups is 2. The predicted molar refractivity (Wildman–Crippen MR) is 149 cm³/mol. The third-order valence-electron chi connectivity index (χ3n) is 6.74. The lowest BCUT2D eigenvalue weighted by molar-refractivity contribution is -0.116. The van der Waals surface area contributed by atoms with Crippen molar-refractivity contribution in [3.63, 3.8) is 0 Å². The zero-order chi connectivity index (χ0) is 26.4. The minimum atomic E-state index is -0.216. The maximum absolute atomic E-state index is 14.8. The molecule has 0 heterocycles. The Morgan fingerprint density at radius 2 is 1.66 bits per heavy atom. The number of fused-ring (bicyclic) bond motifs is 1. The first-order valence-electron chi connectivity index (χ1n) is 13.7. The van der Waals surface area contributed by atoms with Crippen molar-refractivity contribution in [3.8, 4) is 0 Å². The Kier molecular flexibility index (Phi) is 14.4. The van der Waals surface area contributed by atoms with E-state index in [9.17, 15) is 14.0 Å². The van der Waals surface area contributed by atoms with Gasteiger partial charge in [-0.25, -0.2) is 4.39 Å². The number of ketones is 2. The molecule has 1 aliphatic rings. The summed E-state index contributed by atoms with van der Waals surface area (Å²) in [5.74, 6) is 0.719. The quantitative estimate of drug-likeness (QED) is 0.355. The number of carbonyl (C=O) groups excluding carboxylic acids is 2. The van der Waals surface area contributed by atoms with E-state index in [1.165, 1.54) is 31.2 Å². The summed E-state index contributed by atoms with van der Waals surface area (Å²) in [7, 11) is 0. The topological polar surface area (TPSA) is 34.1 Å². The van der Waals surface area contributed by atoms with Crippen molar-refractivity contribution in [2.45, 2.75) is 112 Å². The third kappa shape index (κ3) is 9.70. The minimum absolute atomic E-state index is 0. The summed E-state index contributed by atoms with van der Waals surface area (Å²) in [6.45, 7) is 13.9. The molecule has 0 saturated carbocycles. The molecule has 2 aromatic rings. The molecule has 0 fully saturated rings. The summed E-state index contributed by atoms with van der Waals surface area (Å²) in [6.07, 6.45) is 8.99. The molecule has 2 aromatic carbocycles. The van der Waals surface area contributed by atoms with Crippen LogP contribution in [0.5, 0.6) is 0 Å². The van der Waals surface area contributed by atoms with Crippen molar-refractivity contribution >= 4 is 11.6 Å². The van der Waals surface area contributed by atoms with Crippen molar-refractivity contribution in [1.82, 2.24) is 0 Å². The smallest absolute Gasteiger partial charge is 0.170 e. The Hall–Kier alpha value is -2.29. The fourth-order valence-corrected chi connectivity index (χ4v) is 4.70. The first-order chi connectivity index (χ1) is 16.8. The van der Waals surface area contributed by atoms with Gasteiger partial charge in [-0.2, -0.15) is 0 Å². The third-order valence-corrected chi connectivity index (χ3v) is 6.74. The van der Waals surface area contributed by atoms with Crippen LogP contribution in [0, 0.1) is 18.7 Å². The molecule has 0 aliphatic heterocycles. The number of Topliss-reactive ketones (excluding diaryl/α,β-unsaturated/α-hetero) is 2. The molecule has 1 unspecified atom stereocenters. The lowest BCUT2D eigenvalue weighted by atomic mass is 9.78. The van der Waals surface area contributed by atoms with Gasteiger partial charge in [-0.15, -0.1) is 0 Å². The number of benzene rings is 2. The van der Waals surface area contributed by atoms with Gasteiger partial charge in [0.05, 0.1) is 0 Å². The van der Waals surface area contributed by atoms with Crippen molar-refractivity contribution < 1.29 is 15.4 Å². The Balaban J connectivity index is 0.00000137. The average Bonchev–Trinajstić information content (AvgIpc) is 2.85. The highest BCUT2D eigenvalue weighted by molar-refractivity contribution is 6.03. The highest BCUT2D eigenvalue weighted by Gasteiger charge is 2.29. The van der Waals surface area contributed by atoms with Gasteiger partial charge < -0.3 is 4.79 Å². The molecule has 196 valence electrons. The second-order valence-corrected chi connectivity index (χ2v) is 9.50. The van der Waals surface area contributed by atoms with Gasteiger partial charge in [0.15, 0.2) is 5.78 Å². The molecule has 1 atom stereocenters. The molecule has 3 rings (SSSR count). The fourth-order valence-electron chi connectivity index (χ4n) is 4.70. The van der Waals surface area contributed by atoms with Crippen LogP contribution in [0.2, 0.25) is 0 Å². The van der Waals surface area contributed by atoms with E-state index in [0.29, 0.717) is 12.3 Å². The molecule has 0 saturated heterocycles. The lowest BCUT2D eigenvalue weighted by Crippen LogP contribution is -2.21. The van der Waals surface area contributed by atoms with Crippen molar-refractivity contribution in [2.24, 2.45) is 5.92 Å². The first kappa shape index (κ1) is 30.7. The zero-order valence-electron chi connectivity index (χ0n) is 23.2. The Bertz CT molecular complexity index is 932. The average molecular weight is 485 g/mol. The van der Waals surface area contributed by atoms with E-state index >= 15 is 0 Å². The van der Waals surface area contributed by atoms with E-state index in [2.05, 4.69) is 26.8 Å². The van der Waals surface area contributed by atoms with Crippen LogP contribution in [0.15, 0.2) is 36.4 Å². The van der Waals surface area contributed by atoms with Crippen LogP contribution in [-0.2, 0) is 17.6 Å². The van der Waals surface area contributed by atoms with Gasteiger partial charge in [0.2, 0.25) is 0 Å². The molecule has 0 bridgehead atoms. The molecule has 35 heavy (non-hydrogen) atoms. The Labute approximate surface area is 215 Å². The Morgan fingerprint density at radius 3 is 2.20 bits per heavy atom. The van der Waals surface area contributed by atoms with Gasteiger partial charge in [0.25, 0.3) is 0 Å². The van der Waals surface area contributed by atoms with Crippen molar-refractivity contribution in [3.05, 3.63) is 70.0 Å². The van der Waals surface area contributed by atoms with Crippen LogP contribution < -0.4 is 0 Å². The van der Waals surface area contributed by atoms with Gasteiger partial charge in [-0.3, -0.25) is 4.79 Å². The fraction of sp³-hybridized carbons (Fsp3) is 0.562. The summed E-state index contributed by atoms with van der Waals surface area (Å²) in [6, 6.07) is 11.5. The molecule has 0 radical (unpaired) electrons.